The fraction of sp³-hybridized carbons (Fsp3) is 0.804. The highest BCUT2D eigenvalue weighted by molar-refractivity contribution is 5.71. The van der Waals surface area contributed by atoms with Crippen molar-refractivity contribution in [1.82, 2.24) is 0 Å². The number of carbonyl (C=O) groups excluding carboxylic acids is 2. The Balaban J connectivity index is 4.21. The predicted molar refractivity (Wildman–Crippen MR) is 272 cm³/mol. The Labute approximate surface area is 400 Å². The van der Waals surface area contributed by atoms with Crippen LogP contribution in [-0.4, -0.2) is 87.4 Å². The van der Waals surface area contributed by atoms with Gasteiger partial charge in [-0.05, 0) is 70.6 Å². The summed E-state index contributed by atoms with van der Waals surface area (Å²) in [5.41, 5.74) is 0. The number of hydrogen-bond acceptors (Lipinski definition) is 7. The minimum atomic E-state index is -1.51. The molecule has 0 aliphatic carbocycles. The van der Waals surface area contributed by atoms with Crippen molar-refractivity contribution in [3.63, 3.8) is 0 Å². The molecule has 0 bridgehead atoms. The van der Waals surface area contributed by atoms with Crippen LogP contribution in [0.15, 0.2) is 48.6 Å². The van der Waals surface area contributed by atoms with Crippen LogP contribution in [0.1, 0.15) is 232 Å². The van der Waals surface area contributed by atoms with Crippen molar-refractivity contribution in [3.8, 4) is 0 Å². The van der Waals surface area contributed by atoms with Crippen molar-refractivity contribution in [2.75, 3.05) is 47.5 Å². The molecule has 0 aliphatic heterocycles. The van der Waals surface area contributed by atoms with E-state index in [1.807, 2.05) is 21.1 Å². The van der Waals surface area contributed by atoms with Crippen molar-refractivity contribution in [1.29, 1.82) is 0 Å². The van der Waals surface area contributed by atoms with E-state index < -0.39 is 24.3 Å². The first kappa shape index (κ1) is 62.2. The van der Waals surface area contributed by atoms with E-state index in [0.717, 1.165) is 77.0 Å². The maximum atomic E-state index is 12.8. The molecule has 0 aliphatic rings. The number of carbonyl (C=O) groups is 3. The van der Waals surface area contributed by atoms with Crippen molar-refractivity contribution < 1.29 is 42.9 Å². The molecule has 0 radical (unpaired) electrons. The van der Waals surface area contributed by atoms with E-state index in [9.17, 15) is 19.5 Å². The van der Waals surface area contributed by atoms with Gasteiger partial charge in [0.25, 0.3) is 6.29 Å². The van der Waals surface area contributed by atoms with E-state index in [4.69, 9.17) is 18.9 Å². The van der Waals surface area contributed by atoms with Crippen molar-refractivity contribution in [2.45, 2.75) is 245 Å². The molecule has 65 heavy (non-hydrogen) atoms. The first-order valence-electron chi connectivity index (χ1n) is 26.8. The van der Waals surface area contributed by atoms with Crippen LogP contribution in [0.4, 0.5) is 0 Å². The molecule has 0 saturated heterocycles. The summed E-state index contributed by atoms with van der Waals surface area (Å²) in [6.45, 7) is 4.79. The van der Waals surface area contributed by atoms with Gasteiger partial charge in [-0.15, -0.1) is 0 Å². The van der Waals surface area contributed by atoms with Gasteiger partial charge in [-0.2, -0.15) is 0 Å². The Morgan fingerprint density at radius 2 is 0.862 bits per heavy atom. The molecule has 0 spiro atoms. The molecule has 2 atom stereocenters. The van der Waals surface area contributed by atoms with Gasteiger partial charge in [-0.3, -0.25) is 9.59 Å². The summed E-state index contributed by atoms with van der Waals surface area (Å²) in [7, 11) is 5.96. The van der Waals surface area contributed by atoms with Gasteiger partial charge in [0, 0.05) is 12.8 Å². The topological polar surface area (TPSA) is 108 Å². The van der Waals surface area contributed by atoms with Gasteiger partial charge in [-0.25, -0.2) is 4.79 Å². The third kappa shape index (κ3) is 49.0. The summed E-state index contributed by atoms with van der Waals surface area (Å²) < 4.78 is 22.8. The number of allylic oxidation sites excluding steroid dienone is 8. The first-order chi connectivity index (χ1) is 31.6. The third-order valence-corrected chi connectivity index (χ3v) is 11.5. The predicted octanol–water partition coefficient (Wildman–Crippen LogP) is 15.1. The molecular formula is C56H102NO8+. The van der Waals surface area contributed by atoms with Crippen LogP contribution in [0.25, 0.3) is 0 Å². The average Bonchev–Trinajstić information content (AvgIpc) is 3.27. The van der Waals surface area contributed by atoms with Crippen LogP contribution in [0.5, 0.6) is 0 Å². The summed E-state index contributed by atoms with van der Waals surface area (Å²) in [5.74, 6) is -2.02. The maximum absolute atomic E-state index is 12.8. The Bertz CT molecular complexity index is 1210. The van der Waals surface area contributed by atoms with Gasteiger partial charge in [0.2, 0.25) is 0 Å². The van der Waals surface area contributed by atoms with Crippen molar-refractivity contribution >= 4 is 17.9 Å². The molecule has 378 valence electrons. The second-order valence-electron chi connectivity index (χ2n) is 19.2. The SMILES string of the molecule is CCC/C=C\C/C=C\CCCCCCCC(=O)OCC(COC(OCC[N+](C)(C)C)C(=O)O)OC(=O)CCCCCCCCCCCCCCCCC/C=C\C/C=C\CCCCCCC. The second kappa shape index (κ2) is 47.7. The minimum absolute atomic E-state index is 0.185. The lowest BCUT2D eigenvalue weighted by Gasteiger charge is -2.25. The lowest BCUT2D eigenvalue weighted by atomic mass is 10.0. The number of esters is 2. The zero-order valence-corrected chi connectivity index (χ0v) is 42.9. The van der Waals surface area contributed by atoms with E-state index in [-0.39, 0.29) is 38.6 Å². The monoisotopic (exact) mass is 917 g/mol. The average molecular weight is 917 g/mol. The van der Waals surface area contributed by atoms with E-state index in [1.165, 1.54) is 128 Å². The summed E-state index contributed by atoms with van der Waals surface area (Å²) in [6.07, 6.45) is 54.7. The lowest BCUT2D eigenvalue weighted by molar-refractivity contribution is -0.870. The molecule has 0 rings (SSSR count). The van der Waals surface area contributed by atoms with E-state index in [1.54, 1.807) is 0 Å². The summed E-state index contributed by atoms with van der Waals surface area (Å²) in [4.78, 5) is 37.2. The molecular weight excluding hydrogens is 815 g/mol. The molecule has 0 heterocycles. The number of ether oxygens (including phenoxy) is 4. The normalized spacial score (nSPS) is 13.2. The number of unbranched alkanes of at least 4 members (excludes halogenated alkanes) is 26. The van der Waals surface area contributed by atoms with Crippen molar-refractivity contribution in [3.05, 3.63) is 48.6 Å². The smallest absolute Gasteiger partial charge is 0.361 e. The van der Waals surface area contributed by atoms with Gasteiger partial charge in [-0.1, -0.05) is 197 Å². The van der Waals surface area contributed by atoms with Gasteiger partial charge < -0.3 is 28.5 Å². The molecule has 9 heteroatoms. The molecule has 9 nitrogen and oxygen atoms in total. The lowest BCUT2D eigenvalue weighted by Crippen LogP contribution is -2.40. The highest BCUT2D eigenvalue weighted by Gasteiger charge is 2.25. The first-order valence-corrected chi connectivity index (χ1v) is 26.8. The van der Waals surface area contributed by atoms with Crippen LogP contribution in [-0.2, 0) is 33.3 Å². The fourth-order valence-corrected chi connectivity index (χ4v) is 7.38. The summed E-state index contributed by atoms with van der Waals surface area (Å²) in [5, 5.41) is 9.67. The molecule has 0 aromatic heterocycles. The van der Waals surface area contributed by atoms with Gasteiger partial charge in [0.05, 0.1) is 34.4 Å². The van der Waals surface area contributed by atoms with Crippen molar-refractivity contribution in [2.24, 2.45) is 0 Å². The zero-order valence-electron chi connectivity index (χ0n) is 42.9. The van der Waals surface area contributed by atoms with Crippen LogP contribution in [0.2, 0.25) is 0 Å². The number of aliphatic carboxylic acids is 1. The largest absolute Gasteiger partial charge is 0.477 e. The van der Waals surface area contributed by atoms with Crippen LogP contribution < -0.4 is 0 Å². The minimum Gasteiger partial charge on any atom is -0.477 e. The van der Waals surface area contributed by atoms with Crippen LogP contribution in [0, 0.1) is 0 Å². The number of carboxylic acid groups (broad SMARTS) is 1. The Morgan fingerprint density at radius 1 is 0.462 bits per heavy atom. The maximum Gasteiger partial charge on any atom is 0.361 e. The molecule has 2 unspecified atom stereocenters. The van der Waals surface area contributed by atoms with E-state index in [2.05, 4.69) is 62.5 Å². The molecule has 0 amide bonds. The Morgan fingerprint density at radius 3 is 1.28 bits per heavy atom. The Kier molecular flexibility index (Phi) is 45.7. The quantitative estimate of drug-likeness (QED) is 0.0211. The van der Waals surface area contributed by atoms with E-state index >= 15 is 0 Å². The molecule has 0 aromatic carbocycles. The van der Waals surface area contributed by atoms with Crippen LogP contribution >= 0.6 is 0 Å². The summed E-state index contributed by atoms with van der Waals surface area (Å²) in [6, 6.07) is 0. The molecule has 0 saturated carbocycles. The molecule has 1 N–H and O–H groups in total. The summed E-state index contributed by atoms with van der Waals surface area (Å²) >= 11 is 0. The number of nitrogens with zero attached hydrogens (tertiary/aromatic N) is 1. The standard InChI is InChI=1S/C56H101NO8/c1-6-8-10-12-14-16-18-20-21-22-23-24-25-26-27-28-29-30-31-32-33-35-37-39-41-43-45-47-54(59)65-52(51-64-56(55(60)61)62-49-48-57(3,4)5)50-63-53(58)46-44-42-40-38-36-34-19-17-15-13-11-9-7-2/h11,13,17-20,22-23,52,56H,6-10,12,14-16,21,24-51H2,1-5H3/p+1/b13-11-,19-17-,20-18-,23-22-. The fourth-order valence-electron chi connectivity index (χ4n) is 7.38. The van der Waals surface area contributed by atoms with Crippen LogP contribution in [0.3, 0.4) is 0 Å². The molecule has 0 aromatic rings. The molecule has 0 fully saturated rings. The number of likely N-dealkylation sites (N-methyl/N-ethyl adjacent to an activating group) is 1. The third-order valence-electron chi connectivity index (χ3n) is 11.5. The second-order valence-corrected chi connectivity index (χ2v) is 19.2. The highest BCUT2D eigenvalue weighted by atomic mass is 16.7. The number of carboxylic acids is 1. The number of quaternary nitrogens is 1. The number of hydrogen-bond donors (Lipinski definition) is 1. The number of rotatable bonds is 49. The van der Waals surface area contributed by atoms with Gasteiger partial charge in [0.1, 0.15) is 13.2 Å². The van der Waals surface area contributed by atoms with Gasteiger partial charge >= 0.3 is 17.9 Å². The van der Waals surface area contributed by atoms with Gasteiger partial charge in [0.15, 0.2) is 6.10 Å². The zero-order chi connectivity index (χ0) is 47.7. The Hall–Kier alpha value is -2.75. The van der Waals surface area contributed by atoms with E-state index in [0.29, 0.717) is 11.0 Å². The highest BCUT2D eigenvalue weighted by Crippen LogP contribution is 2.16.